The molecule has 1 rings (SSSR count). The minimum absolute atomic E-state index is 0.386. The highest BCUT2D eigenvalue weighted by atomic mass is 31.2. The number of nitrogens with zero attached hydrogens (tertiary/aromatic N) is 1. The number of para-hydroxylation sites is 1. The third-order valence-electron chi connectivity index (χ3n) is 2.50. The molecule has 0 heterocycles. The van der Waals surface area contributed by atoms with Crippen molar-refractivity contribution in [3.05, 3.63) is 30.3 Å². The molecular formula is C17H28NO5P. The Morgan fingerprint density at radius 3 is 1.83 bits per heavy atom. The van der Waals surface area contributed by atoms with Gasteiger partial charge in [-0.25, -0.2) is 9.36 Å². The summed E-state index contributed by atoms with van der Waals surface area (Å²) in [5.41, 5.74) is -0.360. The smallest absolute Gasteiger partial charge is 0.443 e. The van der Waals surface area contributed by atoms with Crippen molar-refractivity contribution in [3.8, 4) is 0 Å². The molecule has 0 spiro atoms. The van der Waals surface area contributed by atoms with Crippen LogP contribution in [0.25, 0.3) is 0 Å². The predicted octanol–water partition coefficient (Wildman–Crippen LogP) is 5.39. The Bertz CT molecular complexity index is 566. The number of hydrogen-bond acceptors (Lipinski definition) is 5. The van der Waals surface area contributed by atoms with Crippen molar-refractivity contribution >= 4 is 19.5 Å². The molecule has 0 atom stereocenters. The van der Waals surface area contributed by atoms with Crippen LogP contribution in [0.5, 0.6) is 0 Å². The molecule has 1 aromatic rings. The van der Waals surface area contributed by atoms with Gasteiger partial charge in [0.05, 0.1) is 17.9 Å². The fourth-order valence-corrected chi connectivity index (χ4v) is 3.83. The van der Waals surface area contributed by atoms with Crippen LogP contribution in [-0.2, 0) is 18.3 Å². The summed E-state index contributed by atoms with van der Waals surface area (Å²) in [5.74, 6) is 0. The topological polar surface area (TPSA) is 65.1 Å². The molecule has 24 heavy (non-hydrogen) atoms. The number of anilines is 1. The van der Waals surface area contributed by atoms with Crippen LogP contribution < -0.4 is 4.67 Å². The van der Waals surface area contributed by atoms with Crippen LogP contribution in [0.2, 0.25) is 0 Å². The Balaban J connectivity index is 3.37. The Morgan fingerprint density at radius 2 is 1.46 bits per heavy atom. The van der Waals surface area contributed by atoms with Crippen molar-refractivity contribution in [2.45, 2.75) is 66.3 Å². The summed E-state index contributed by atoms with van der Waals surface area (Å²) in [7, 11) is -3.95. The van der Waals surface area contributed by atoms with Gasteiger partial charge in [0, 0.05) is 0 Å². The van der Waals surface area contributed by atoms with Crippen molar-refractivity contribution in [2.75, 3.05) is 4.67 Å². The van der Waals surface area contributed by atoms with E-state index in [1.165, 1.54) is 0 Å². The van der Waals surface area contributed by atoms with E-state index in [9.17, 15) is 9.36 Å². The molecule has 0 aliphatic heterocycles. The van der Waals surface area contributed by atoms with Crippen molar-refractivity contribution < 1.29 is 23.1 Å². The SMILES string of the molecule is CC(C)OP(=O)(OC(C)C)N(C(=O)OC(C)(C)C)c1ccccc1. The lowest BCUT2D eigenvalue weighted by Gasteiger charge is -2.33. The van der Waals surface area contributed by atoms with Gasteiger partial charge in [-0.05, 0) is 60.6 Å². The number of benzene rings is 1. The second-order valence-electron chi connectivity index (χ2n) is 6.90. The van der Waals surface area contributed by atoms with E-state index in [2.05, 4.69) is 0 Å². The number of carbonyl (C=O) groups is 1. The van der Waals surface area contributed by atoms with Crippen LogP contribution in [0.1, 0.15) is 48.5 Å². The van der Waals surface area contributed by atoms with Crippen LogP contribution in [0.15, 0.2) is 30.3 Å². The van der Waals surface area contributed by atoms with Crippen LogP contribution in [0.4, 0.5) is 10.5 Å². The first-order valence-electron chi connectivity index (χ1n) is 8.00. The van der Waals surface area contributed by atoms with Gasteiger partial charge in [-0.15, -0.1) is 0 Å². The fraction of sp³-hybridized carbons (Fsp3) is 0.588. The zero-order valence-electron chi connectivity index (χ0n) is 15.5. The molecule has 0 aliphatic rings. The Labute approximate surface area is 144 Å². The lowest BCUT2D eigenvalue weighted by Crippen LogP contribution is -2.36. The van der Waals surface area contributed by atoms with Crippen LogP contribution in [0, 0.1) is 0 Å². The van der Waals surface area contributed by atoms with Crippen LogP contribution >= 0.6 is 7.75 Å². The number of hydrogen-bond donors (Lipinski definition) is 0. The summed E-state index contributed by atoms with van der Waals surface area (Å²) in [6.45, 7) is 12.1. The number of ether oxygens (including phenoxy) is 1. The number of rotatable bonds is 6. The summed E-state index contributed by atoms with van der Waals surface area (Å²) in [6.07, 6.45) is -1.58. The van der Waals surface area contributed by atoms with Gasteiger partial charge in [0.2, 0.25) is 0 Å². The largest absolute Gasteiger partial charge is 0.445 e. The van der Waals surface area contributed by atoms with Gasteiger partial charge >= 0.3 is 13.8 Å². The van der Waals surface area contributed by atoms with E-state index >= 15 is 0 Å². The van der Waals surface area contributed by atoms with Gasteiger partial charge in [-0.3, -0.25) is 9.05 Å². The highest BCUT2D eigenvalue weighted by Crippen LogP contribution is 2.56. The van der Waals surface area contributed by atoms with Crippen molar-refractivity contribution in [2.24, 2.45) is 0 Å². The molecule has 0 saturated carbocycles. The minimum atomic E-state index is -3.95. The summed E-state index contributed by atoms with van der Waals surface area (Å²) < 4.78 is 31.0. The molecule has 0 unspecified atom stereocenters. The van der Waals surface area contributed by atoms with E-state index in [4.69, 9.17) is 13.8 Å². The average molecular weight is 357 g/mol. The van der Waals surface area contributed by atoms with Gasteiger partial charge in [0.15, 0.2) is 0 Å². The predicted molar refractivity (Wildman–Crippen MR) is 95.2 cm³/mol. The van der Waals surface area contributed by atoms with E-state index in [0.717, 1.165) is 4.67 Å². The monoisotopic (exact) mass is 357 g/mol. The first-order chi connectivity index (χ1) is 10.9. The second kappa shape index (κ2) is 8.15. The van der Waals surface area contributed by atoms with Gasteiger partial charge in [-0.2, -0.15) is 4.67 Å². The minimum Gasteiger partial charge on any atom is -0.443 e. The molecule has 0 bridgehead atoms. The zero-order chi connectivity index (χ0) is 18.5. The third-order valence-corrected chi connectivity index (χ3v) is 4.76. The molecule has 0 radical (unpaired) electrons. The molecule has 7 heteroatoms. The Kier molecular flexibility index (Phi) is 7.02. The lowest BCUT2D eigenvalue weighted by atomic mass is 10.2. The van der Waals surface area contributed by atoms with Crippen molar-refractivity contribution in [1.82, 2.24) is 0 Å². The standard InChI is InChI=1S/C17H28NO5P/c1-13(2)22-24(20,23-14(3)4)18(15-11-9-8-10-12-15)16(19)21-17(5,6)7/h8-14H,1-7H3. The fourth-order valence-electron chi connectivity index (χ4n) is 1.87. The highest BCUT2D eigenvalue weighted by Gasteiger charge is 2.43. The maximum atomic E-state index is 13.4. The van der Waals surface area contributed by atoms with Crippen molar-refractivity contribution in [3.63, 3.8) is 0 Å². The molecule has 1 aromatic carbocycles. The van der Waals surface area contributed by atoms with E-state index < -0.39 is 31.6 Å². The molecule has 6 nitrogen and oxygen atoms in total. The van der Waals surface area contributed by atoms with Gasteiger partial charge < -0.3 is 4.74 Å². The molecule has 0 N–H and O–H groups in total. The highest BCUT2D eigenvalue weighted by molar-refractivity contribution is 7.56. The van der Waals surface area contributed by atoms with E-state index in [1.54, 1.807) is 78.8 Å². The molecular weight excluding hydrogens is 329 g/mol. The summed E-state index contributed by atoms with van der Waals surface area (Å²) in [5, 5.41) is 0. The Morgan fingerprint density at radius 1 is 1.00 bits per heavy atom. The van der Waals surface area contributed by atoms with Crippen LogP contribution in [0.3, 0.4) is 0 Å². The molecule has 0 fully saturated rings. The molecule has 0 aliphatic carbocycles. The van der Waals surface area contributed by atoms with E-state index in [-0.39, 0.29) is 0 Å². The molecule has 136 valence electrons. The quantitative estimate of drug-likeness (QED) is 0.639. The van der Waals surface area contributed by atoms with E-state index in [1.807, 2.05) is 0 Å². The maximum Gasteiger partial charge on any atom is 0.445 e. The van der Waals surface area contributed by atoms with Crippen molar-refractivity contribution in [1.29, 1.82) is 0 Å². The summed E-state index contributed by atoms with van der Waals surface area (Å²) >= 11 is 0. The number of carbonyl (C=O) groups excluding carboxylic acids is 1. The normalized spacial score (nSPS) is 12.5. The lowest BCUT2D eigenvalue weighted by molar-refractivity contribution is 0.0580. The van der Waals surface area contributed by atoms with Gasteiger partial charge in [0.25, 0.3) is 0 Å². The summed E-state index contributed by atoms with van der Waals surface area (Å²) in [6, 6.07) is 8.59. The van der Waals surface area contributed by atoms with Gasteiger partial charge in [-0.1, -0.05) is 18.2 Å². The molecule has 0 saturated heterocycles. The first-order valence-corrected chi connectivity index (χ1v) is 9.49. The first kappa shape index (κ1) is 20.7. The molecule has 1 amide bonds. The third kappa shape index (κ3) is 6.27. The van der Waals surface area contributed by atoms with Gasteiger partial charge in [0.1, 0.15) is 5.60 Å². The van der Waals surface area contributed by atoms with E-state index in [0.29, 0.717) is 5.69 Å². The Hall–Kier alpha value is -1.36. The average Bonchev–Trinajstić information content (AvgIpc) is 2.35. The number of amides is 1. The van der Waals surface area contributed by atoms with Crippen LogP contribution in [-0.4, -0.2) is 23.9 Å². The second-order valence-corrected chi connectivity index (χ2v) is 8.66. The summed E-state index contributed by atoms with van der Waals surface area (Å²) in [4.78, 5) is 12.7. The maximum absolute atomic E-state index is 13.4. The molecule has 0 aromatic heterocycles. The zero-order valence-corrected chi connectivity index (χ0v) is 16.4.